The molecule has 318 valence electrons. The fraction of sp³-hybridized carbons (Fsp3) is 0.545. The summed E-state index contributed by atoms with van der Waals surface area (Å²) in [7, 11) is 0. The third kappa shape index (κ3) is 9.14. The molecule has 0 amide bonds. The Morgan fingerprint density at radius 3 is 2.68 bits per heavy atom. The number of rotatable bonds is 14. The summed E-state index contributed by atoms with van der Waals surface area (Å²) in [4.78, 5) is 11.0. The molecule has 2 saturated carbocycles. The van der Waals surface area contributed by atoms with Gasteiger partial charge in [0.05, 0.1) is 28.6 Å². The number of aliphatic hydroxyl groups is 4. The summed E-state index contributed by atoms with van der Waals surface area (Å²) >= 11 is 1.47. The van der Waals surface area contributed by atoms with Gasteiger partial charge in [-0.2, -0.15) is 5.10 Å². The zero-order valence-corrected chi connectivity index (χ0v) is 35.8. The van der Waals surface area contributed by atoms with E-state index in [1.807, 2.05) is 61.4 Å². The highest BCUT2D eigenvalue weighted by Crippen LogP contribution is 2.60. The number of nitrogens with one attached hydrogen (secondary N) is 3. The first-order chi connectivity index (χ1) is 28.1. The molecule has 9 N–H and O–H groups in total. The van der Waals surface area contributed by atoms with Gasteiger partial charge in [-0.1, -0.05) is 44.2 Å². The lowest BCUT2D eigenvalue weighted by molar-refractivity contribution is -0.179. The zero-order chi connectivity index (χ0) is 42.1. The van der Waals surface area contributed by atoms with Gasteiger partial charge < -0.3 is 46.4 Å². The Morgan fingerprint density at radius 1 is 1.15 bits per heavy atom. The van der Waals surface area contributed by atoms with Crippen LogP contribution in [-0.2, 0) is 11.3 Å². The number of nitrogens with zero attached hydrogens (tertiary/aromatic N) is 5. The minimum Gasteiger partial charge on any atom is -0.480 e. The number of likely N-dealkylation sites (tertiary alicyclic amines) is 1. The van der Waals surface area contributed by atoms with Crippen molar-refractivity contribution < 1.29 is 25.2 Å². The molecule has 2 aromatic heterocycles. The van der Waals surface area contributed by atoms with Crippen LogP contribution in [0.4, 0.5) is 5.13 Å². The van der Waals surface area contributed by atoms with Gasteiger partial charge >= 0.3 is 0 Å². The number of thiazole rings is 1. The van der Waals surface area contributed by atoms with Gasteiger partial charge in [-0.05, 0) is 105 Å². The van der Waals surface area contributed by atoms with Crippen LogP contribution in [0.1, 0.15) is 83.9 Å². The van der Waals surface area contributed by atoms with E-state index in [0.717, 1.165) is 77.7 Å². The van der Waals surface area contributed by atoms with Crippen LogP contribution in [0.3, 0.4) is 0 Å². The number of aliphatic hydroxyl groups excluding tert-OH is 3. The van der Waals surface area contributed by atoms with E-state index in [1.54, 1.807) is 0 Å². The van der Waals surface area contributed by atoms with Crippen molar-refractivity contribution in [1.82, 2.24) is 30.3 Å². The average Bonchev–Trinajstić information content (AvgIpc) is 3.76. The number of aromatic nitrogens is 3. The monoisotopic (exact) mass is 827 g/mol. The number of fused-ring (bicyclic) bond motifs is 3. The molecule has 0 spiro atoms. The first kappa shape index (κ1) is 42.6. The van der Waals surface area contributed by atoms with Crippen molar-refractivity contribution in [2.45, 2.75) is 91.7 Å². The third-order valence-electron chi connectivity index (χ3n) is 12.5. The summed E-state index contributed by atoms with van der Waals surface area (Å²) in [5.41, 5.74) is 11.1. The lowest BCUT2D eigenvalue weighted by Crippen LogP contribution is -2.56. The van der Waals surface area contributed by atoms with Crippen LogP contribution in [0.2, 0.25) is 0 Å². The number of allylic oxidation sites excluding steroid dienone is 3. The largest absolute Gasteiger partial charge is 0.480 e. The highest BCUT2D eigenvalue weighted by atomic mass is 32.1. The molecular weight excluding hydrogens is 767 g/mol. The first-order valence-corrected chi connectivity index (χ1v) is 21.6. The molecule has 59 heavy (non-hydrogen) atoms. The molecule has 2 aliphatic heterocycles. The molecule has 4 heterocycles. The number of para-hydroxylation sites is 1. The molecule has 3 unspecified atom stereocenters. The number of piperidine rings is 1. The van der Waals surface area contributed by atoms with Crippen molar-refractivity contribution in [2.24, 2.45) is 33.4 Å². The Labute approximate surface area is 350 Å². The molecule has 15 heteroatoms. The summed E-state index contributed by atoms with van der Waals surface area (Å²) in [5, 5.41) is 61.5. The average molecular weight is 828 g/mol. The Kier molecular flexibility index (Phi) is 12.4. The Bertz CT molecular complexity index is 2180. The molecule has 2 aliphatic carbocycles. The van der Waals surface area contributed by atoms with E-state index in [4.69, 9.17) is 15.6 Å². The van der Waals surface area contributed by atoms with Crippen molar-refractivity contribution in [3.05, 3.63) is 82.5 Å². The lowest BCUT2D eigenvalue weighted by Gasteiger charge is -2.59. The van der Waals surface area contributed by atoms with Gasteiger partial charge in [0, 0.05) is 67.7 Å². The topological polar surface area (TPSA) is 210 Å². The number of amidine groups is 2. The van der Waals surface area contributed by atoms with Crippen molar-refractivity contribution in [2.75, 3.05) is 39.5 Å². The van der Waals surface area contributed by atoms with Gasteiger partial charge in [-0.15, -0.1) is 0 Å². The predicted molar refractivity (Wildman–Crippen MR) is 233 cm³/mol. The van der Waals surface area contributed by atoms with Crippen LogP contribution in [0.25, 0.3) is 15.8 Å². The van der Waals surface area contributed by atoms with E-state index in [1.165, 1.54) is 11.3 Å². The fourth-order valence-electron chi connectivity index (χ4n) is 10.6. The molecule has 3 fully saturated rings. The molecule has 0 radical (unpaired) electrons. The number of hydrogen-bond acceptors (Lipinski definition) is 12. The smallest absolute Gasteiger partial charge is 0.299 e. The molecule has 3 atom stereocenters. The van der Waals surface area contributed by atoms with Crippen LogP contribution < -0.4 is 16.4 Å². The number of nitrogens with two attached hydrogens (primary N) is 1. The third-order valence-corrected chi connectivity index (χ3v) is 13.4. The summed E-state index contributed by atoms with van der Waals surface area (Å²) in [5.74, 6) is 0.601. The molecule has 1 saturated heterocycles. The Morgan fingerprint density at radius 2 is 1.93 bits per heavy atom. The van der Waals surface area contributed by atoms with Crippen LogP contribution in [-0.4, -0.2) is 96.8 Å². The van der Waals surface area contributed by atoms with E-state index in [2.05, 4.69) is 46.1 Å². The summed E-state index contributed by atoms with van der Waals surface area (Å²) in [6, 6.07) is 7.85. The number of hydrogen-bond donors (Lipinski definition) is 8. The predicted octanol–water partition coefficient (Wildman–Crippen LogP) is 6.56. The van der Waals surface area contributed by atoms with Gasteiger partial charge in [0.1, 0.15) is 23.2 Å². The number of dihydropyridines is 1. The van der Waals surface area contributed by atoms with Crippen LogP contribution in [0, 0.1) is 35.0 Å². The summed E-state index contributed by atoms with van der Waals surface area (Å²) < 4.78 is 9.93. The zero-order valence-electron chi connectivity index (χ0n) is 35.0. The van der Waals surface area contributed by atoms with Crippen molar-refractivity contribution in [3.8, 4) is 0 Å². The highest BCUT2D eigenvalue weighted by Gasteiger charge is 2.56. The molecule has 4 aliphatic rings. The minimum absolute atomic E-state index is 0.0374. The van der Waals surface area contributed by atoms with Gasteiger partial charge in [-0.3, -0.25) is 10.1 Å². The maximum Gasteiger partial charge on any atom is 0.299 e. The van der Waals surface area contributed by atoms with E-state index in [-0.39, 0.29) is 47.1 Å². The molecule has 7 rings (SSSR count). The molecule has 14 nitrogen and oxygen atoms in total. The van der Waals surface area contributed by atoms with Crippen LogP contribution >= 0.6 is 11.3 Å². The molecular formula is C44H61N9O5S. The van der Waals surface area contributed by atoms with Crippen molar-refractivity contribution in [1.29, 1.82) is 5.41 Å². The van der Waals surface area contributed by atoms with E-state index in [0.29, 0.717) is 60.9 Å². The van der Waals surface area contributed by atoms with Gasteiger partial charge in [0.15, 0.2) is 0 Å². The Hall–Kier alpha value is -4.54. The second-order valence-electron chi connectivity index (χ2n) is 18.1. The van der Waals surface area contributed by atoms with E-state index in [9.17, 15) is 25.8 Å². The van der Waals surface area contributed by atoms with Crippen LogP contribution in [0.15, 0.2) is 76.2 Å². The minimum atomic E-state index is -0.843. The van der Waals surface area contributed by atoms with Crippen molar-refractivity contribution >= 4 is 43.9 Å². The second-order valence-corrected chi connectivity index (χ2v) is 19.1. The van der Waals surface area contributed by atoms with Gasteiger partial charge in [0.2, 0.25) is 5.13 Å². The molecule has 1 aromatic carbocycles. The first-order valence-electron chi connectivity index (χ1n) is 20.8. The van der Waals surface area contributed by atoms with Crippen molar-refractivity contribution in [3.63, 3.8) is 0 Å². The maximum atomic E-state index is 10.7. The second kappa shape index (κ2) is 17.2. The van der Waals surface area contributed by atoms with Crippen LogP contribution in [0.5, 0.6) is 0 Å². The maximum absolute atomic E-state index is 10.7. The molecule has 2 bridgehead atoms. The standard InChI is InChI=1S/C44H61N9O5S/c1-27-17-43(23-42(4,5)24-44(18-27,25-43)58-16-14-47-19-30(21-54)22-55)26-53-29(3)33(20-48-53)32-12-13-36(50-37(32)40(56)57)52-15-8-9-31(39(52)46)28(2)38(45)51-41-49-34-10-6-7-11-35(34)59-41/h6-7,10-13,20,27,30,46-47,50,54-57H,8-9,14-19,21-26H2,1-5H3,(H2,45,49,51)/b31-28-,46-39?. The normalized spacial score (nSPS) is 25.6. The summed E-state index contributed by atoms with van der Waals surface area (Å²) in [6.07, 6.45) is 12.0. The number of aliphatic imine (C=N–C) groups is 1. The SMILES string of the molecule is CC(/C(N)=N/c1nc2ccccc2s1)=C1\CCCN(C2=CC=C(c3cnn(CC45CC(C)CC(OCCNCC(CO)CO)(CC(C)(C)C4)C5)c3C)C(=C(O)O)N2)C1=N. The summed E-state index contributed by atoms with van der Waals surface area (Å²) in [6.45, 7) is 13.9. The quantitative estimate of drug-likeness (QED) is 0.0377. The number of ether oxygens (including phenoxy) is 1. The van der Waals surface area contributed by atoms with E-state index >= 15 is 0 Å². The Balaban J connectivity index is 1.09. The highest BCUT2D eigenvalue weighted by molar-refractivity contribution is 7.22. The lowest BCUT2D eigenvalue weighted by atomic mass is 9.51. The number of benzene rings is 1. The van der Waals surface area contributed by atoms with Gasteiger partial charge in [-0.25, -0.2) is 9.98 Å². The van der Waals surface area contributed by atoms with Gasteiger partial charge in [0.25, 0.3) is 5.95 Å². The molecule has 3 aromatic rings. The fourth-order valence-corrected chi connectivity index (χ4v) is 11.4. The van der Waals surface area contributed by atoms with E-state index < -0.39 is 5.95 Å².